The zero-order valence-corrected chi connectivity index (χ0v) is 13.9. The minimum absolute atomic E-state index is 0.00193. The minimum Gasteiger partial charge on any atom is -0.493 e. The van der Waals surface area contributed by atoms with E-state index in [4.69, 9.17) is 4.74 Å². The van der Waals surface area contributed by atoms with Crippen molar-refractivity contribution in [2.45, 2.75) is 38.1 Å². The molecule has 2 aromatic rings. The third kappa shape index (κ3) is 4.10. The maximum absolute atomic E-state index is 12.8. The van der Waals surface area contributed by atoms with Crippen LogP contribution < -0.4 is 10.5 Å². The largest absolute Gasteiger partial charge is 0.493 e. The molecule has 0 atom stereocenters. The molecule has 0 spiro atoms. The van der Waals surface area contributed by atoms with Crippen molar-refractivity contribution in [2.24, 2.45) is 5.92 Å². The van der Waals surface area contributed by atoms with Gasteiger partial charge in [-0.3, -0.25) is 14.3 Å². The summed E-state index contributed by atoms with van der Waals surface area (Å²) in [6.07, 6.45) is 5.01. The Morgan fingerprint density at radius 2 is 2.00 bits per heavy atom. The van der Waals surface area contributed by atoms with Crippen LogP contribution in [0, 0.1) is 5.92 Å². The molecular weight excluding hydrogens is 322 g/mol. The molecule has 2 aliphatic carbocycles. The fraction of sp³-hybridized carbons (Fsp3) is 0.500. The molecule has 0 saturated heterocycles. The van der Waals surface area contributed by atoms with Gasteiger partial charge in [-0.2, -0.15) is 0 Å². The van der Waals surface area contributed by atoms with E-state index in [1.165, 1.54) is 12.8 Å². The van der Waals surface area contributed by atoms with Gasteiger partial charge in [0.2, 0.25) is 0 Å². The van der Waals surface area contributed by atoms with E-state index in [0.717, 1.165) is 25.2 Å². The first-order chi connectivity index (χ1) is 12.2. The monoisotopic (exact) mass is 343 g/mol. The van der Waals surface area contributed by atoms with E-state index >= 15 is 0 Å². The number of nitrogens with one attached hydrogen (secondary N) is 1. The number of carbonyl (C=O) groups is 1. The van der Waals surface area contributed by atoms with Crippen LogP contribution in [0.25, 0.3) is 0 Å². The van der Waals surface area contributed by atoms with Crippen LogP contribution in [-0.2, 0) is 6.42 Å². The predicted molar refractivity (Wildman–Crippen MR) is 89.5 cm³/mol. The molecular formula is C18H21N3O4. The second kappa shape index (κ2) is 6.74. The van der Waals surface area contributed by atoms with Gasteiger partial charge in [0.05, 0.1) is 6.61 Å². The molecule has 132 valence electrons. The van der Waals surface area contributed by atoms with Gasteiger partial charge in [-0.25, -0.2) is 4.79 Å². The molecule has 1 aromatic heterocycles. The molecule has 1 amide bonds. The zero-order chi connectivity index (χ0) is 17.2. The van der Waals surface area contributed by atoms with Crippen LogP contribution in [0.3, 0.4) is 0 Å². The lowest BCUT2D eigenvalue weighted by Gasteiger charge is -2.22. The molecule has 2 fully saturated rings. The van der Waals surface area contributed by atoms with Crippen LogP contribution in [0.15, 0.2) is 33.6 Å². The second-order valence-electron chi connectivity index (χ2n) is 6.80. The lowest BCUT2D eigenvalue weighted by atomic mass is 10.1. The van der Waals surface area contributed by atoms with E-state index in [9.17, 15) is 9.59 Å². The third-order valence-corrected chi connectivity index (χ3v) is 4.61. The van der Waals surface area contributed by atoms with E-state index < -0.39 is 5.76 Å². The number of carbonyl (C=O) groups excluding carboxylic acids is 1. The average Bonchev–Trinajstić information content (AvgIpc) is 3.54. The Morgan fingerprint density at radius 1 is 1.24 bits per heavy atom. The molecule has 7 heteroatoms. The van der Waals surface area contributed by atoms with Gasteiger partial charge in [0.1, 0.15) is 5.75 Å². The predicted octanol–water partition coefficient (Wildman–Crippen LogP) is 2.00. The summed E-state index contributed by atoms with van der Waals surface area (Å²) in [5.41, 5.74) is 0.652. The fourth-order valence-electron chi connectivity index (χ4n) is 2.79. The van der Waals surface area contributed by atoms with Gasteiger partial charge in [0.15, 0.2) is 5.82 Å². The summed E-state index contributed by atoms with van der Waals surface area (Å²) in [6, 6.07) is 7.62. The Hall–Kier alpha value is -2.57. The number of aromatic nitrogens is 2. The first kappa shape index (κ1) is 15.9. The number of rotatable bonds is 8. The number of hydrogen-bond acceptors (Lipinski definition) is 5. The molecule has 7 nitrogen and oxygen atoms in total. The van der Waals surface area contributed by atoms with Crippen LogP contribution in [0.1, 0.15) is 41.9 Å². The standard InChI is InChI=1S/C18H21N3O4/c22-17(13-3-7-15(8-4-13)24-11-12-1-2-12)21(14-5-6-14)10-9-16-19-18(23)25-20-16/h3-4,7-8,12,14H,1-2,5-6,9-11H2,(H,19,20,23). The highest BCUT2D eigenvalue weighted by Gasteiger charge is 2.33. The van der Waals surface area contributed by atoms with Crippen LogP contribution in [0.2, 0.25) is 0 Å². The molecule has 0 bridgehead atoms. The maximum atomic E-state index is 12.8. The van der Waals surface area contributed by atoms with E-state index in [2.05, 4.69) is 14.7 Å². The summed E-state index contributed by atoms with van der Waals surface area (Å²) < 4.78 is 10.2. The van der Waals surface area contributed by atoms with Crippen molar-refractivity contribution >= 4 is 5.91 Å². The Balaban J connectivity index is 1.38. The third-order valence-electron chi connectivity index (χ3n) is 4.61. The van der Waals surface area contributed by atoms with Crippen molar-refractivity contribution in [1.82, 2.24) is 15.0 Å². The smallest absolute Gasteiger partial charge is 0.438 e. The van der Waals surface area contributed by atoms with Gasteiger partial charge in [0.25, 0.3) is 5.91 Å². The van der Waals surface area contributed by atoms with Gasteiger partial charge in [-0.1, -0.05) is 5.16 Å². The maximum Gasteiger partial charge on any atom is 0.438 e. The number of H-pyrrole nitrogens is 1. The van der Waals surface area contributed by atoms with Crippen molar-refractivity contribution in [2.75, 3.05) is 13.2 Å². The number of aromatic amines is 1. The topological polar surface area (TPSA) is 88.4 Å². The van der Waals surface area contributed by atoms with Gasteiger partial charge in [-0.15, -0.1) is 0 Å². The van der Waals surface area contributed by atoms with Crippen molar-refractivity contribution in [1.29, 1.82) is 0 Å². The molecule has 0 radical (unpaired) electrons. The van der Waals surface area contributed by atoms with Crippen LogP contribution >= 0.6 is 0 Å². The number of ether oxygens (including phenoxy) is 1. The second-order valence-corrected chi connectivity index (χ2v) is 6.80. The summed E-state index contributed by atoms with van der Waals surface area (Å²) >= 11 is 0. The van der Waals surface area contributed by atoms with Crippen LogP contribution in [0.5, 0.6) is 5.75 Å². The summed E-state index contributed by atoms with van der Waals surface area (Å²) in [4.78, 5) is 28.2. The number of benzene rings is 1. The van der Waals surface area contributed by atoms with Crippen LogP contribution in [0.4, 0.5) is 0 Å². The highest BCUT2D eigenvalue weighted by molar-refractivity contribution is 5.94. The van der Waals surface area contributed by atoms with E-state index in [1.54, 1.807) is 0 Å². The lowest BCUT2D eigenvalue weighted by Crippen LogP contribution is -2.35. The molecule has 2 saturated carbocycles. The molecule has 2 aliphatic rings. The van der Waals surface area contributed by atoms with E-state index in [0.29, 0.717) is 30.3 Å². The first-order valence-corrected chi connectivity index (χ1v) is 8.78. The van der Waals surface area contributed by atoms with Crippen molar-refractivity contribution in [3.8, 4) is 5.75 Å². The summed E-state index contributed by atoms with van der Waals surface area (Å²) in [5, 5.41) is 3.65. The molecule has 0 aliphatic heterocycles. The summed E-state index contributed by atoms with van der Waals surface area (Å²) in [7, 11) is 0. The summed E-state index contributed by atoms with van der Waals surface area (Å²) in [5.74, 6) is 1.41. The number of hydrogen-bond donors (Lipinski definition) is 1. The van der Waals surface area contributed by atoms with Crippen molar-refractivity contribution < 1.29 is 14.1 Å². The molecule has 1 N–H and O–H groups in total. The number of nitrogens with zero attached hydrogens (tertiary/aromatic N) is 2. The molecule has 1 aromatic carbocycles. The number of amides is 1. The summed E-state index contributed by atoms with van der Waals surface area (Å²) in [6.45, 7) is 1.27. The van der Waals surface area contributed by atoms with E-state index in [1.807, 2.05) is 29.2 Å². The normalized spacial score (nSPS) is 16.6. The Labute approximate surface area is 145 Å². The van der Waals surface area contributed by atoms with Gasteiger partial charge >= 0.3 is 5.76 Å². The lowest BCUT2D eigenvalue weighted by molar-refractivity contribution is 0.0744. The van der Waals surface area contributed by atoms with E-state index in [-0.39, 0.29) is 11.9 Å². The van der Waals surface area contributed by atoms with Crippen molar-refractivity contribution in [3.63, 3.8) is 0 Å². The first-order valence-electron chi connectivity index (χ1n) is 8.78. The molecule has 0 unspecified atom stereocenters. The Morgan fingerprint density at radius 3 is 2.60 bits per heavy atom. The quantitative estimate of drug-likeness (QED) is 0.792. The average molecular weight is 343 g/mol. The SMILES string of the molecule is O=C(c1ccc(OCC2CC2)cc1)N(CCc1noc(=O)[nH]1)C1CC1. The van der Waals surface area contributed by atoms with Crippen molar-refractivity contribution in [3.05, 3.63) is 46.2 Å². The Kier molecular flexibility index (Phi) is 4.29. The molecule has 1 heterocycles. The van der Waals surface area contributed by atoms with Gasteiger partial charge in [0, 0.05) is 24.6 Å². The minimum atomic E-state index is -0.568. The molecule has 4 rings (SSSR count). The fourth-order valence-corrected chi connectivity index (χ4v) is 2.79. The zero-order valence-electron chi connectivity index (χ0n) is 13.9. The van der Waals surface area contributed by atoms with Gasteiger partial charge < -0.3 is 9.64 Å². The van der Waals surface area contributed by atoms with Crippen LogP contribution in [-0.4, -0.2) is 40.1 Å². The Bertz CT molecular complexity index is 787. The highest BCUT2D eigenvalue weighted by atomic mass is 16.5. The highest BCUT2D eigenvalue weighted by Crippen LogP contribution is 2.30. The van der Waals surface area contributed by atoms with Gasteiger partial charge in [-0.05, 0) is 55.9 Å². The molecule has 25 heavy (non-hydrogen) atoms.